The minimum absolute atomic E-state index is 0.171. The number of aryl methyl sites for hydroxylation is 1. The Morgan fingerprint density at radius 2 is 1.88 bits per heavy atom. The molecule has 0 radical (unpaired) electrons. The Morgan fingerprint density at radius 1 is 1.29 bits per heavy atom. The van der Waals surface area contributed by atoms with Gasteiger partial charge in [0.1, 0.15) is 11.2 Å². The monoisotopic (exact) mass is 240 g/mol. The van der Waals surface area contributed by atoms with Gasteiger partial charge >= 0.3 is 0 Å². The first-order valence-electron chi connectivity index (χ1n) is 5.15. The van der Waals surface area contributed by atoms with Crippen molar-refractivity contribution in [1.82, 2.24) is 10.3 Å². The number of aromatic nitrogens is 1. The van der Waals surface area contributed by atoms with E-state index in [1.54, 1.807) is 19.1 Å². The molecule has 6 nitrogen and oxygen atoms in total. The molecule has 0 aliphatic carbocycles. The Labute approximate surface area is 98.9 Å². The maximum atomic E-state index is 11.8. The number of rotatable bonds is 5. The molecule has 6 heteroatoms. The van der Waals surface area contributed by atoms with Crippen molar-refractivity contribution in [1.29, 1.82) is 0 Å². The molecule has 0 aromatic carbocycles. The fraction of sp³-hybridized carbons (Fsp3) is 0.455. The predicted molar refractivity (Wildman–Crippen MR) is 60.4 cm³/mol. The van der Waals surface area contributed by atoms with E-state index in [1.165, 1.54) is 6.07 Å². The summed E-state index contributed by atoms with van der Waals surface area (Å²) in [6.07, 6.45) is 0. The van der Waals surface area contributed by atoms with Crippen LogP contribution in [0.25, 0.3) is 0 Å². The third kappa shape index (κ3) is 3.23. The quantitative estimate of drug-likeness (QED) is 0.519. The number of pyridine rings is 1. The van der Waals surface area contributed by atoms with Crippen LogP contribution >= 0.6 is 0 Å². The molecule has 1 rings (SSSR count). The molecule has 0 aliphatic rings. The van der Waals surface area contributed by atoms with Crippen LogP contribution in [0.5, 0.6) is 0 Å². The molecule has 17 heavy (non-hydrogen) atoms. The van der Waals surface area contributed by atoms with E-state index in [-0.39, 0.29) is 5.69 Å². The van der Waals surface area contributed by atoms with Crippen LogP contribution in [0.15, 0.2) is 18.2 Å². The lowest BCUT2D eigenvalue weighted by molar-refractivity contribution is 0.0373. The van der Waals surface area contributed by atoms with Crippen LogP contribution in [0.3, 0.4) is 0 Å². The van der Waals surface area contributed by atoms with Crippen molar-refractivity contribution < 1.29 is 20.1 Å². The number of aliphatic hydroxyl groups is 3. The van der Waals surface area contributed by atoms with Gasteiger partial charge in [0.25, 0.3) is 5.91 Å². The molecule has 1 aromatic heterocycles. The lowest BCUT2D eigenvalue weighted by Gasteiger charge is -2.28. The SMILES string of the molecule is Cc1cccc(C(=O)NC(CO)(CO)CO)n1. The van der Waals surface area contributed by atoms with E-state index in [2.05, 4.69) is 10.3 Å². The number of nitrogens with zero attached hydrogens (tertiary/aromatic N) is 1. The van der Waals surface area contributed by atoms with Gasteiger partial charge in [-0.05, 0) is 19.1 Å². The molecule has 0 aliphatic heterocycles. The zero-order valence-electron chi connectivity index (χ0n) is 9.55. The average molecular weight is 240 g/mol. The molecule has 0 atom stereocenters. The number of carbonyl (C=O) groups is 1. The number of amides is 1. The van der Waals surface area contributed by atoms with E-state index < -0.39 is 31.3 Å². The third-order valence-electron chi connectivity index (χ3n) is 2.41. The van der Waals surface area contributed by atoms with Crippen LogP contribution in [0.2, 0.25) is 0 Å². The highest BCUT2D eigenvalue weighted by Gasteiger charge is 2.30. The average Bonchev–Trinajstić information content (AvgIpc) is 2.36. The summed E-state index contributed by atoms with van der Waals surface area (Å²) in [7, 11) is 0. The Hall–Kier alpha value is -1.50. The molecule has 0 saturated heterocycles. The molecular formula is C11H16N2O4. The van der Waals surface area contributed by atoms with Crippen molar-refractivity contribution in [2.24, 2.45) is 0 Å². The van der Waals surface area contributed by atoms with E-state index in [0.29, 0.717) is 5.69 Å². The minimum atomic E-state index is -1.43. The van der Waals surface area contributed by atoms with Crippen LogP contribution in [0.1, 0.15) is 16.2 Å². The van der Waals surface area contributed by atoms with Crippen LogP contribution in [0, 0.1) is 6.92 Å². The maximum Gasteiger partial charge on any atom is 0.270 e. The molecule has 4 N–H and O–H groups in total. The predicted octanol–water partition coefficient (Wildman–Crippen LogP) is -1.16. The maximum absolute atomic E-state index is 11.8. The van der Waals surface area contributed by atoms with Crippen molar-refractivity contribution in [2.45, 2.75) is 12.5 Å². The van der Waals surface area contributed by atoms with E-state index in [9.17, 15) is 4.79 Å². The molecule has 1 heterocycles. The smallest absolute Gasteiger partial charge is 0.270 e. The van der Waals surface area contributed by atoms with Crippen molar-refractivity contribution in [2.75, 3.05) is 19.8 Å². The Morgan fingerprint density at radius 3 is 2.35 bits per heavy atom. The fourth-order valence-corrected chi connectivity index (χ4v) is 1.24. The van der Waals surface area contributed by atoms with Crippen LogP contribution in [0.4, 0.5) is 0 Å². The number of carbonyl (C=O) groups excluding carboxylic acids is 1. The van der Waals surface area contributed by atoms with Gasteiger partial charge in [-0.25, -0.2) is 4.98 Å². The first kappa shape index (κ1) is 13.6. The summed E-state index contributed by atoms with van der Waals surface area (Å²) in [5.74, 6) is -0.550. The van der Waals surface area contributed by atoms with Gasteiger partial charge in [0.15, 0.2) is 0 Å². The Balaban J connectivity index is 2.84. The number of nitrogens with one attached hydrogen (secondary N) is 1. The topological polar surface area (TPSA) is 103 Å². The van der Waals surface area contributed by atoms with Gasteiger partial charge in [-0.15, -0.1) is 0 Å². The summed E-state index contributed by atoms with van der Waals surface area (Å²) >= 11 is 0. The normalized spacial score (nSPS) is 11.3. The van der Waals surface area contributed by atoms with Crippen molar-refractivity contribution >= 4 is 5.91 Å². The van der Waals surface area contributed by atoms with Gasteiger partial charge in [-0.2, -0.15) is 0 Å². The molecule has 1 aromatic rings. The lowest BCUT2D eigenvalue weighted by Crippen LogP contribution is -2.57. The molecule has 94 valence electrons. The largest absolute Gasteiger partial charge is 0.394 e. The molecule has 0 spiro atoms. The lowest BCUT2D eigenvalue weighted by atomic mass is 10.0. The van der Waals surface area contributed by atoms with Crippen LogP contribution in [-0.2, 0) is 0 Å². The highest BCUT2D eigenvalue weighted by atomic mass is 16.3. The highest BCUT2D eigenvalue weighted by Crippen LogP contribution is 2.05. The molecule has 0 saturated carbocycles. The summed E-state index contributed by atoms with van der Waals surface area (Å²) in [6.45, 7) is 0.0703. The second kappa shape index (κ2) is 5.72. The third-order valence-corrected chi connectivity index (χ3v) is 2.41. The second-order valence-electron chi connectivity index (χ2n) is 3.87. The van der Waals surface area contributed by atoms with Gasteiger partial charge < -0.3 is 20.6 Å². The van der Waals surface area contributed by atoms with Crippen molar-refractivity contribution in [3.05, 3.63) is 29.6 Å². The summed E-state index contributed by atoms with van der Waals surface area (Å²) in [4.78, 5) is 15.8. The van der Waals surface area contributed by atoms with Gasteiger partial charge in [0, 0.05) is 5.69 Å². The first-order valence-corrected chi connectivity index (χ1v) is 5.15. The van der Waals surface area contributed by atoms with Crippen molar-refractivity contribution in [3.63, 3.8) is 0 Å². The first-order chi connectivity index (χ1) is 8.06. The summed E-state index contributed by atoms with van der Waals surface area (Å²) in [6, 6.07) is 4.93. The Kier molecular flexibility index (Phi) is 4.56. The van der Waals surface area contributed by atoms with Gasteiger partial charge in [-0.3, -0.25) is 4.79 Å². The molecule has 0 bridgehead atoms. The molecular weight excluding hydrogens is 224 g/mol. The van der Waals surface area contributed by atoms with E-state index in [0.717, 1.165) is 0 Å². The molecule has 1 amide bonds. The summed E-state index contributed by atoms with van der Waals surface area (Å²) in [5, 5.41) is 29.6. The number of aliphatic hydroxyl groups excluding tert-OH is 3. The highest BCUT2D eigenvalue weighted by molar-refractivity contribution is 5.92. The molecule has 0 fully saturated rings. The number of hydrogen-bond acceptors (Lipinski definition) is 5. The van der Waals surface area contributed by atoms with Crippen molar-refractivity contribution in [3.8, 4) is 0 Å². The zero-order valence-corrected chi connectivity index (χ0v) is 9.55. The zero-order chi connectivity index (χ0) is 12.9. The van der Waals surface area contributed by atoms with Crippen LogP contribution < -0.4 is 5.32 Å². The standard InChI is InChI=1S/C11H16N2O4/c1-8-3-2-4-9(12-8)10(17)13-11(5-14,6-15)7-16/h2-4,14-16H,5-7H2,1H3,(H,13,17). The summed E-state index contributed by atoms with van der Waals surface area (Å²) < 4.78 is 0. The van der Waals surface area contributed by atoms with E-state index >= 15 is 0 Å². The van der Waals surface area contributed by atoms with Gasteiger partial charge in [-0.1, -0.05) is 6.07 Å². The van der Waals surface area contributed by atoms with Gasteiger partial charge in [0.05, 0.1) is 19.8 Å². The fourth-order valence-electron chi connectivity index (χ4n) is 1.24. The Bertz CT molecular complexity index is 383. The van der Waals surface area contributed by atoms with E-state index in [1.807, 2.05) is 0 Å². The van der Waals surface area contributed by atoms with E-state index in [4.69, 9.17) is 15.3 Å². The summed E-state index contributed by atoms with van der Waals surface area (Å²) in [5.41, 5.74) is -0.576. The second-order valence-corrected chi connectivity index (χ2v) is 3.87. The minimum Gasteiger partial charge on any atom is -0.394 e. The van der Waals surface area contributed by atoms with Gasteiger partial charge in [0.2, 0.25) is 0 Å². The number of hydrogen-bond donors (Lipinski definition) is 4. The van der Waals surface area contributed by atoms with Crippen LogP contribution in [-0.4, -0.2) is 51.6 Å². The molecule has 0 unspecified atom stereocenters.